The van der Waals surface area contributed by atoms with Gasteiger partial charge in [0.1, 0.15) is 0 Å². The molecular weight excluding hydrogens is 64.1 g/mol. The monoisotopic (exact) mass is 74.1 g/mol. The molecule has 1 aliphatic rings. The average molecular weight is 74.2 g/mol. The zero-order valence-electron chi connectivity index (χ0n) is 4.62. The van der Waals surface area contributed by atoms with E-state index in [0.717, 1.165) is 18.5 Å². The van der Waals surface area contributed by atoms with Gasteiger partial charge in [-0.1, -0.05) is 18.5 Å². The Hall–Kier alpha value is 0.217. The molecule has 0 nitrogen and oxygen atoms in total. The fourth-order valence-corrected chi connectivity index (χ4v) is 0.530. The van der Waals surface area contributed by atoms with E-state index in [1.165, 1.54) is 0 Å². The van der Waals surface area contributed by atoms with E-state index >= 15 is 0 Å². The Bertz CT molecular complexity index is 55.8. The van der Waals surface area contributed by atoms with Gasteiger partial charge in [-0.3, -0.25) is 0 Å². The summed E-state index contributed by atoms with van der Waals surface area (Å²) in [5.74, 6) is 0. The van der Waals surface area contributed by atoms with E-state index in [9.17, 15) is 0 Å². The first-order chi connectivity index (χ1) is 2.71. The molecule has 0 saturated carbocycles. The third-order valence-electron chi connectivity index (χ3n) is 0.707. The Balaban J connectivity index is 2.31. The zero-order valence-corrected chi connectivity index (χ0v) is 3.62. The topological polar surface area (TPSA) is 0 Å². The molecule has 4 heavy (non-hydrogen) atoms. The highest BCUT2D eigenvalue weighted by atomic mass is 28.2. The molecule has 0 aromatic carbocycles. The fraction of sp³-hybridized carbons (Fsp3) is 1.00. The van der Waals surface area contributed by atoms with Crippen LogP contribution in [0.25, 0.3) is 0 Å². The van der Waals surface area contributed by atoms with E-state index in [2.05, 4.69) is 0 Å². The first-order valence-electron chi connectivity index (χ1n) is 2.71. The van der Waals surface area contributed by atoms with Crippen molar-refractivity contribution in [3.8, 4) is 0 Å². The molecule has 0 N–H and O–H groups in total. The normalized spacial score (nSPS) is 44.0. The molecule has 1 fully saturated rings. The van der Waals surface area contributed by atoms with Crippen LogP contribution in [0.2, 0.25) is 12.1 Å². The maximum Gasteiger partial charge on any atom is 0.0197 e. The van der Waals surface area contributed by atoms with Crippen LogP contribution in [0.5, 0.6) is 0 Å². The lowest BCUT2D eigenvalue weighted by atomic mass is 10.5. The molecule has 0 aliphatic carbocycles. The molecular formula is C3H8Si. The van der Waals surface area contributed by atoms with Crippen molar-refractivity contribution in [2.75, 3.05) is 0 Å². The van der Waals surface area contributed by atoms with Crippen LogP contribution in [-0.2, 0) is 0 Å². The Labute approximate surface area is 31.5 Å². The molecule has 1 saturated heterocycles. The highest BCUT2D eigenvalue weighted by Gasteiger charge is 1.96. The van der Waals surface area contributed by atoms with E-state index in [1.54, 1.807) is 0 Å². The first kappa shape index (κ1) is 1.13. The maximum atomic E-state index is 7.07. The second-order valence-corrected chi connectivity index (χ2v) is 2.60. The van der Waals surface area contributed by atoms with Crippen molar-refractivity contribution in [2.24, 2.45) is 0 Å². The molecule has 0 aromatic rings. The summed E-state index contributed by atoms with van der Waals surface area (Å²) in [5.41, 5.74) is 0. The van der Waals surface area contributed by atoms with E-state index < -0.39 is 9.38 Å². The summed E-state index contributed by atoms with van der Waals surface area (Å²) in [6.45, 7) is 0. The van der Waals surface area contributed by atoms with Crippen LogP contribution in [0.3, 0.4) is 0 Å². The van der Waals surface area contributed by atoms with Crippen molar-refractivity contribution in [3.63, 3.8) is 0 Å². The summed E-state index contributed by atoms with van der Waals surface area (Å²) in [5, 5.41) is 0. The summed E-state index contributed by atoms with van der Waals surface area (Å²) in [4.78, 5) is 0. The summed E-state index contributed by atoms with van der Waals surface area (Å²) in [7, 11) is -1.95. The predicted octanol–water partition coefficient (Wildman–Crippen LogP) is 0.395. The van der Waals surface area contributed by atoms with E-state index in [-0.39, 0.29) is 0 Å². The van der Waals surface area contributed by atoms with E-state index in [0.29, 0.717) is 0 Å². The van der Waals surface area contributed by atoms with Crippen LogP contribution in [0.1, 0.15) is 6.42 Å². The second kappa shape index (κ2) is 0.889. The standard InChI is InChI=1S/C3H8Si/c1-2-4-3-1/h1-4H2/i4D2. The number of hydrogen-bond donors (Lipinski definition) is 0. The minimum Gasteiger partial charge on any atom is -0.0631 e. The fourth-order valence-electron chi connectivity index (χ4n) is 0.177. The van der Waals surface area contributed by atoms with Gasteiger partial charge in [0.15, 0.2) is 0 Å². The largest absolute Gasteiger partial charge is 0.0631 e. The van der Waals surface area contributed by atoms with Gasteiger partial charge in [0.2, 0.25) is 0 Å². The van der Waals surface area contributed by atoms with Gasteiger partial charge in [0.25, 0.3) is 0 Å². The molecule has 0 amide bonds. The van der Waals surface area contributed by atoms with Gasteiger partial charge in [-0.05, 0) is 0 Å². The Morgan fingerprint density at radius 3 is 2.25 bits per heavy atom. The molecule has 1 aliphatic heterocycles. The Kier molecular flexibility index (Phi) is 0.251. The van der Waals surface area contributed by atoms with Gasteiger partial charge < -0.3 is 0 Å². The minimum absolute atomic E-state index is 0.924. The number of hydrogen-bond acceptors (Lipinski definition) is 0. The third kappa shape index (κ3) is 0.185. The molecule has 0 atom stereocenters. The Morgan fingerprint density at radius 2 is 2.25 bits per heavy atom. The molecule has 0 unspecified atom stereocenters. The average Bonchev–Trinajstić information content (AvgIpc) is 1.32. The summed E-state index contributed by atoms with van der Waals surface area (Å²) in [6.07, 6.45) is 1.15. The Morgan fingerprint density at radius 1 is 1.75 bits per heavy atom. The number of rotatable bonds is 0. The van der Waals surface area contributed by atoms with Gasteiger partial charge in [-0.25, -0.2) is 0 Å². The van der Waals surface area contributed by atoms with Gasteiger partial charge in [0.05, 0.1) is 0 Å². The molecule has 1 heterocycles. The van der Waals surface area contributed by atoms with Gasteiger partial charge in [-0.15, -0.1) is 0 Å². The van der Waals surface area contributed by atoms with Crippen LogP contribution in [-0.4, -0.2) is 11.9 Å². The van der Waals surface area contributed by atoms with Crippen LogP contribution in [0, 0.1) is 0 Å². The highest BCUT2D eigenvalue weighted by Crippen LogP contribution is 2.07. The molecule has 1 heteroatoms. The molecule has 0 bridgehead atoms. The van der Waals surface area contributed by atoms with Crippen LogP contribution >= 0.6 is 0 Å². The van der Waals surface area contributed by atoms with Crippen molar-refractivity contribution < 1.29 is 0 Å². The molecule has 0 aromatic heterocycles. The summed E-state index contributed by atoms with van der Waals surface area (Å²) < 4.78 is 14.1. The van der Waals surface area contributed by atoms with Crippen molar-refractivity contribution in [3.05, 3.63) is 0 Å². The van der Waals surface area contributed by atoms with Crippen LogP contribution in [0.4, 0.5) is 0 Å². The van der Waals surface area contributed by atoms with Crippen molar-refractivity contribution >= 4 is 9.38 Å². The maximum absolute atomic E-state index is 7.07. The summed E-state index contributed by atoms with van der Waals surface area (Å²) in [6, 6.07) is 1.85. The second-order valence-electron chi connectivity index (χ2n) is 1.10. The van der Waals surface area contributed by atoms with Crippen molar-refractivity contribution in [1.82, 2.24) is 0 Å². The lowest BCUT2D eigenvalue weighted by Crippen LogP contribution is -1.98. The van der Waals surface area contributed by atoms with Gasteiger partial charge in [-0.2, -0.15) is 0 Å². The smallest absolute Gasteiger partial charge is 0.0197 e. The van der Waals surface area contributed by atoms with Gasteiger partial charge >= 0.3 is 0 Å². The third-order valence-corrected chi connectivity index (χ3v) is 2.12. The summed E-state index contributed by atoms with van der Waals surface area (Å²) >= 11 is 0. The molecule has 24 valence electrons. The lowest BCUT2D eigenvalue weighted by Gasteiger charge is -2.04. The zero-order chi connectivity index (χ0) is 4.62. The molecule has 0 radical (unpaired) electrons. The van der Waals surface area contributed by atoms with Crippen molar-refractivity contribution in [2.45, 2.75) is 18.5 Å². The predicted molar refractivity (Wildman–Crippen MR) is 22.8 cm³/mol. The SMILES string of the molecule is [2H][Si]1([2H])CCC1. The molecule has 0 spiro atoms. The molecule has 1 rings (SSSR count). The quantitative estimate of drug-likeness (QED) is 0.365. The minimum atomic E-state index is -1.95. The lowest BCUT2D eigenvalue weighted by molar-refractivity contribution is 0.971. The van der Waals surface area contributed by atoms with Crippen LogP contribution < -0.4 is 0 Å². The van der Waals surface area contributed by atoms with Crippen LogP contribution in [0.15, 0.2) is 0 Å². The van der Waals surface area contributed by atoms with E-state index in [4.69, 9.17) is 2.47 Å². The van der Waals surface area contributed by atoms with E-state index in [1.807, 2.05) is 0 Å². The highest BCUT2D eigenvalue weighted by molar-refractivity contribution is 6.38. The van der Waals surface area contributed by atoms with Crippen molar-refractivity contribution in [1.29, 1.82) is 2.47 Å². The van der Waals surface area contributed by atoms with Gasteiger partial charge in [0, 0.05) is 11.9 Å². The first-order valence-corrected chi connectivity index (χ1v) is 3.12.